The van der Waals surface area contributed by atoms with Crippen LogP contribution in [0.5, 0.6) is 0 Å². The summed E-state index contributed by atoms with van der Waals surface area (Å²) in [5.41, 5.74) is 1.39. The number of carbonyl (C=O) groups excluding carboxylic acids is 2. The fraction of sp³-hybridized carbons (Fsp3) is 0.0588. The summed E-state index contributed by atoms with van der Waals surface area (Å²) in [6, 6.07) is 8.60. The number of amides is 2. The summed E-state index contributed by atoms with van der Waals surface area (Å²) in [4.78, 5) is 25.9. The molecule has 0 atom stereocenters. The Morgan fingerprint density at radius 2 is 1.72 bits per heavy atom. The van der Waals surface area contributed by atoms with Crippen LogP contribution in [0.15, 0.2) is 47.1 Å². The van der Waals surface area contributed by atoms with E-state index >= 15 is 0 Å². The molecule has 0 aromatic heterocycles. The maximum atomic E-state index is 13.3. The fourth-order valence-corrected chi connectivity index (χ4v) is 2.89. The number of carbonyl (C=O) groups is 2. The zero-order chi connectivity index (χ0) is 18.3. The average Bonchev–Trinajstić information content (AvgIpc) is 2.77. The maximum Gasteiger partial charge on any atom is 0.283 e. The largest absolute Gasteiger partial charge is 0.349 e. The average molecular weight is 400 g/mol. The zero-order valence-electron chi connectivity index (χ0n) is 12.7. The van der Waals surface area contributed by atoms with Crippen LogP contribution in [0.3, 0.4) is 0 Å². The number of nitrogens with one attached hydrogen (secondary N) is 1. The summed E-state index contributed by atoms with van der Waals surface area (Å²) in [7, 11) is 0. The van der Waals surface area contributed by atoms with E-state index in [1.807, 2.05) is 6.92 Å². The van der Waals surface area contributed by atoms with E-state index in [9.17, 15) is 14.0 Å². The van der Waals surface area contributed by atoms with Gasteiger partial charge in [-0.25, -0.2) is 9.29 Å². The van der Waals surface area contributed by atoms with Crippen LogP contribution in [0.2, 0.25) is 10.0 Å². The molecule has 1 aliphatic rings. The molecule has 3 rings (SSSR count). The van der Waals surface area contributed by atoms with Gasteiger partial charge in [-0.2, -0.15) is 0 Å². The molecule has 0 aliphatic carbocycles. The van der Waals surface area contributed by atoms with Crippen molar-refractivity contribution in [2.45, 2.75) is 6.92 Å². The predicted octanol–water partition coefficient (Wildman–Crippen LogP) is 4.88. The summed E-state index contributed by atoms with van der Waals surface area (Å²) in [6.07, 6.45) is 0. The summed E-state index contributed by atoms with van der Waals surface area (Å²) in [5.74, 6) is -2.05. The second-order valence-corrected chi connectivity index (χ2v) is 6.54. The highest BCUT2D eigenvalue weighted by atomic mass is 35.5. The smallest absolute Gasteiger partial charge is 0.283 e. The van der Waals surface area contributed by atoms with Gasteiger partial charge >= 0.3 is 0 Å². The standard InChI is InChI=1S/C17H10Cl3FN2O2/c1-8-2-3-9(18)6-13(8)22-15-14(20)16(24)23(17(15)25)10-4-5-12(21)11(19)7-10/h2-7,22H,1H3. The highest BCUT2D eigenvalue weighted by Crippen LogP contribution is 2.33. The lowest BCUT2D eigenvalue weighted by atomic mass is 10.2. The summed E-state index contributed by atoms with van der Waals surface area (Å²) in [5, 5.41) is 2.83. The van der Waals surface area contributed by atoms with Gasteiger partial charge in [0.1, 0.15) is 16.5 Å². The molecular weight excluding hydrogens is 390 g/mol. The van der Waals surface area contributed by atoms with Gasteiger partial charge in [0.2, 0.25) is 0 Å². The Labute approximate surface area is 157 Å². The van der Waals surface area contributed by atoms with Gasteiger partial charge in [0.15, 0.2) is 0 Å². The van der Waals surface area contributed by atoms with Gasteiger partial charge in [-0.3, -0.25) is 9.59 Å². The van der Waals surface area contributed by atoms with E-state index in [-0.39, 0.29) is 21.4 Å². The Morgan fingerprint density at radius 1 is 1.00 bits per heavy atom. The number of hydrogen-bond acceptors (Lipinski definition) is 3. The number of hydrogen-bond donors (Lipinski definition) is 1. The molecule has 1 N–H and O–H groups in total. The lowest BCUT2D eigenvalue weighted by molar-refractivity contribution is -0.120. The molecule has 4 nitrogen and oxygen atoms in total. The van der Waals surface area contributed by atoms with Crippen molar-refractivity contribution in [2.75, 3.05) is 10.2 Å². The minimum atomic E-state index is -0.725. The second kappa shape index (κ2) is 6.67. The van der Waals surface area contributed by atoms with Gasteiger partial charge < -0.3 is 5.32 Å². The van der Waals surface area contributed by atoms with E-state index in [1.54, 1.807) is 18.2 Å². The number of benzene rings is 2. The molecule has 1 aliphatic heterocycles. The topological polar surface area (TPSA) is 49.4 Å². The van der Waals surface area contributed by atoms with Crippen molar-refractivity contribution in [3.8, 4) is 0 Å². The molecule has 0 saturated carbocycles. The molecular formula is C17H10Cl3FN2O2. The molecule has 1 heterocycles. The third-order valence-corrected chi connectivity index (χ3v) is 4.52. The Kier molecular flexibility index (Phi) is 4.73. The lowest BCUT2D eigenvalue weighted by Crippen LogP contribution is -2.32. The molecule has 0 bridgehead atoms. The normalized spacial score (nSPS) is 14.5. The van der Waals surface area contributed by atoms with E-state index in [1.165, 1.54) is 12.1 Å². The zero-order valence-corrected chi connectivity index (χ0v) is 15.0. The first-order valence-electron chi connectivity index (χ1n) is 7.06. The van der Waals surface area contributed by atoms with Crippen molar-refractivity contribution >= 4 is 58.0 Å². The highest BCUT2D eigenvalue weighted by molar-refractivity contribution is 6.53. The second-order valence-electron chi connectivity index (χ2n) is 5.32. The summed E-state index contributed by atoms with van der Waals surface area (Å²) < 4.78 is 13.3. The van der Waals surface area contributed by atoms with Crippen LogP contribution in [0.1, 0.15) is 5.56 Å². The van der Waals surface area contributed by atoms with Crippen LogP contribution >= 0.6 is 34.8 Å². The molecule has 128 valence electrons. The van der Waals surface area contributed by atoms with Crippen molar-refractivity contribution < 1.29 is 14.0 Å². The molecule has 2 amide bonds. The van der Waals surface area contributed by atoms with Gasteiger partial charge in [0.05, 0.1) is 10.7 Å². The minimum Gasteiger partial charge on any atom is -0.349 e. The number of halogens is 4. The third-order valence-electron chi connectivity index (χ3n) is 3.65. The van der Waals surface area contributed by atoms with Gasteiger partial charge in [-0.15, -0.1) is 0 Å². The van der Waals surface area contributed by atoms with E-state index in [4.69, 9.17) is 34.8 Å². The molecule has 0 saturated heterocycles. The first kappa shape index (κ1) is 17.7. The van der Waals surface area contributed by atoms with Crippen molar-refractivity contribution in [3.63, 3.8) is 0 Å². The number of rotatable bonds is 3. The molecule has 0 radical (unpaired) electrons. The summed E-state index contributed by atoms with van der Waals surface area (Å²) >= 11 is 17.7. The number of anilines is 2. The van der Waals surface area contributed by atoms with Crippen LogP contribution in [0.4, 0.5) is 15.8 Å². The lowest BCUT2D eigenvalue weighted by Gasteiger charge is -2.16. The predicted molar refractivity (Wildman–Crippen MR) is 96.6 cm³/mol. The van der Waals surface area contributed by atoms with E-state index in [0.29, 0.717) is 10.7 Å². The summed E-state index contributed by atoms with van der Waals surface area (Å²) in [6.45, 7) is 1.81. The van der Waals surface area contributed by atoms with Gasteiger partial charge in [0.25, 0.3) is 11.8 Å². The Bertz CT molecular complexity index is 943. The van der Waals surface area contributed by atoms with Gasteiger partial charge in [-0.1, -0.05) is 40.9 Å². The number of aryl methyl sites for hydroxylation is 1. The number of imide groups is 1. The van der Waals surface area contributed by atoms with Gasteiger partial charge in [-0.05, 0) is 42.8 Å². The Morgan fingerprint density at radius 3 is 2.40 bits per heavy atom. The molecule has 8 heteroatoms. The van der Waals surface area contributed by atoms with Crippen LogP contribution in [0.25, 0.3) is 0 Å². The molecule has 2 aromatic rings. The van der Waals surface area contributed by atoms with E-state index < -0.39 is 17.6 Å². The van der Waals surface area contributed by atoms with Crippen molar-refractivity contribution in [1.82, 2.24) is 0 Å². The third kappa shape index (κ3) is 3.23. The van der Waals surface area contributed by atoms with Gasteiger partial charge in [0, 0.05) is 10.7 Å². The van der Waals surface area contributed by atoms with Crippen molar-refractivity contribution in [3.05, 3.63) is 68.6 Å². The molecule has 0 unspecified atom stereocenters. The molecule has 2 aromatic carbocycles. The van der Waals surface area contributed by atoms with Crippen LogP contribution in [0, 0.1) is 12.7 Å². The van der Waals surface area contributed by atoms with Crippen LogP contribution in [-0.4, -0.2) is 11.8 Å². The highest BCUT2D eigenvalue weighted by Gasteiger charge is 2.39. The Hall–Kier alpha value is -2.08. The van der Waals surface area contributed by atoms with Crippen molar-refractivity contribution in [1.29, 1.82) is 0 Å². The first-order chi connectivity index (χ1) is 11.8. The SMILES string of the molecule is Cc1ccc(Cl)cc1NC1=C(Cl)C(=O)N(c2ccc(F)c(Cl)c2)C1=O. The minimum absolute atomic E-state index is 0.0857. The van der Waals surface area contributed by atoms with Crippen LogP contribution < -0.4 is 10.2 Å². The molecule has 25 heavy (non-hydrogen) atoms. The maximum absolute atomic E-state index is 13.3. The monoisotopic (exact) mass is 398 g/mol. The quantitative estimate of drug-likeness (QED) is 0.749. The van der Waals surface area contributed by atoms with Crippen molar-refractivity contribution in [2.24, 2.45) is 0 Å². The molecule has 0 spiro atoms. The first-order valence-corrected chi connectivity index (χ1v) is 8.19. The van der Waals surface area contributed by atoms with E-state index in [2.05, 4.69) is 5.32 Å². The number of nitrogens with zero attached hydrogens (tertiary/aromatic N) is 1. The fourth-order valence-electron chi connectivity index (χ4n) is 2.33. The Balaban J connectivity index is 1.96. The molecule has 0 fully saturated rings. The van der Waals surface area contributed by atoms with E-state index in [0.717, 1.165) is 16.5 Å². The van der Waals surface area contributed by atoms with Crippen LogP contribution in [-0.2, 0) is 9.59 Å².